The zero-order chi connectivity index (χ0) is 20.6. The molecule has 3 N–H and O–H groups in total. The molecule has 0 unspecified atom stereocenters. The minimum Gasteiger partial charge on any atom is -0.508 e. The van der Waals surface area contributed by atoms with Gasteiger partial charge in [-0.05, 0) is 42.2 Å². The number of aromatic hydroxyl groups is 1. The maximum absolute atomic E-state index is 11.8. The van der Waals surface area contributed by atoms with Crippen LogP contribution >= 0.6 is 24.0 Å². The molecule has 30 heavy (non-hydrogen) atoms. The molecule has 2 aromatic rings. The number of phenolic OH excluding ortho intramolecular Hbond substituents is 1. The van der Waals surface area contributed by atoms with Gasteiger partial charge in [-0.3, -0.25) is 9.79 Å². The van der Waals surface area contributed by atoms with Gasteiger partial charge in [-0.2, -0.15) is 0 Å². The number of carbonyl (C=O) groups excluding carboxylic acids is 1. The molecule has 0 spiro atoms. The normalized spacial score (nSPS) is 13.7. The number of methoxy groups -OCH3 is 1. The van der Waals surface area contributed by atoms with E-state index in [2.05, 4.69) is 15.6 Å². The van der Waals surface area contributed by atoms with Crippen molar-refractivity contribution in [1.82, 2.24) is 10.6 Å². The van der Waals surface area contributed by atoms with Crippen LogP contribution in [-0.2, 0) is 17.8 Å². The second kappa shape index (κ2) is 11.6. The van der Waals surface area contributed by atoms with Crippen molar-refractivity contribution in [2.24, 2.45) is 4.99 Å². The van der Waals surface area contributed by atoms with Gasteiger partial charge in [0.05, 0.1) is 7.11 Å². The summed E-state index contributed by atoms with van der Waals surface area (Å²) in [4.78, 5) is 17.9. The van der Waals surface area contributed by atoms with Gasteiger partial charge in [0.25, 0.3) is 0 Å². The number of anilines is 1. The SMILES string of the molecule is CN=C(NCCc1ccc(OC)cc1O)NCc1ccc(N2CCCC2=O)cc1.I. The van der Waals surface area contributed by atoms with Gasteiger partial charge in [0, 0.05) is 44.9 Å². The molecule has 1 fully saturated rings. The van der Waals surface area contributed by atoms with E-state index >= 15 is 0 Å². The van der Waals surface area contributed by atoms with Crippen LogP contribution in [-0.4, -0.2) is 44.2 Å². The Morgan fingerprint density at radius 3 is 2.57 bits per heavy atom. The van der Waals surface area contributed by atoms with Crippen LogP contribution in [0.3, 0.4) is 0 Å². The molecule has 1 amide bonds. The van der Waals surface area contributed by atoms with Gasteiger partial charge in [0.15, 0.2) is 5.96 Å². The first-order chi connectivity index (χ1) is 14.1. The van der Waals surface area contributed by atoms with Crippen molar-refractivity contribution < 1.29 is 14.6 Å². The highest BCUT2D eigenvalue weighted by atomic mass is 127. The van der Waals surface area contributed by atoms with Crippen molar-refractivity contribution in [3.8, 4) is 11.5 Å². The molecule has 0 atom stereocenters. The van der Waals surface area contributed by atoms with E-state index in [0.717, 1.165) is 29.8 Å². The number of aliphatic imine (C=N–C) groups is 1. The van der Waals surface area contributed by atoms with Crippen molar-refractivity contribution in [3.63, 3.8) is 0 Å². The Hall–Kier alpha value is -2.49. The summed E-state index contributed by atoms with van der Waals surface area (Å²) >= 11 is 0. The van der Waals surface area contributed by atoms with Gasteiger partial charge in [-0.15, -0.1) is 24.0 Å². The fraction of sp³-hybridized carbons (Fsp3) is 0.364. The molecule has 0 aliphatic carbocycles. The third-order valence-corrected chi connectivity index (χ3v) is 4.98. The van der Waals surface area contributed by atoms with Crippen molar-refractivity contribution in [2.45, 2.75) is 25.8 Å². The van der Waals surface area contributed by atoms with Gasteiger partial charge in [-0.25, -0.2) is 0 Å². The van der Waals surface area contributed by atoms with Crippen LogP contribution in [0.2, 0.25) is 0 Å². The van der Waals surface area contributed by atoms with E-state index in [4.69, 9.17) is 4.74 Å². The van der Waals surface area contributed by atoms with Crippen LogP contribution in [0.4, 0.5) is 5.69 Å². The molecule has 2 aromatic carbocycles. The first-order valence-electron chi connectivity index (χ1n) is 9.80. The first kappa shape index (κ1) is 23.8. The Morgan fingerprint density at radius 2 is 1.97 bits per heavy atom. The minimum atomic E-state index is 0. The zero-order valence-electron chi connectivity index (χ0n) is 17.4. The molecule has 3 rings (SSSR count). The standard InChI is InChI=1S/C22H28N4O3.HI/c1-23-22(24-12-11-17-7-10-19(29-2)14-20(17)27)25-15-16-5-8-18(9-6-16)26-13-3-4-21(26)28;/h5-10,14,27H,3-4,11-13,15H2,1-2H3,(H2,23,24,25);1H. The second-order valence-electron chi connectivity index (χ2n) is 6.91. The van der Waals surface area contributed by atoms with Crippen molar-refractivity contribution in [2.75, 3.05) is 32.1 Å². The Kier molecular flexibility index (Phi) is 9.22. The third-order valence-electron chi connectivity index (χ3n) is 4.98. The number of hydrogen-bond donors (Lipinski definition) is 3. The highest BCUT2D eigenvalue weighted by Gasteiger charge is 2.21. The van der Waals surface area contributed by atoms with E-state index in [0.29, 0.717) is 37.6 Å². The summed E-state index contributed by atoms with van der Waals surface area (Å²) in [7, 11) is 3.30. The summed E-state index contributed by atoms with van der Waals surface area (Å²) in [6.45, 7) is 2.06. The van der Waals surface area contributed by atoms with Gasteiger partial charge >= 0.3 is 0 Å². The van der Waals surface area contributed by atoms with Crippen LogP contribution in [0.5, 0.6) is 11.5 Å². The number of guanidine groups is 1. The number of benzene rings is 2. The summed E-state index contributed by atoms with van der Waals surface area (Å²) in [5.41, 5.74) is 2.91. The van der Waals surface area contributed by atoms with Crippen LogP contribution in [0.25, 0.3) is 0 Å². The van der Waals surface area contributed by atoms with Crippen molar-refractivity contribution >= 4 is 41.5 Å². The Bertz CT molecular complexity index is 871. The maximum Gasteiger partial charge on any atom is 0.227 e. The zero-order valence-corrected chi connectivity index (χ0v) is 19.7. The lowest BCUT2D eigenvalue weighted by molar-refractivity contribution is -0.117. The van der Waals surface area contributed by atoms with E-state index in [1.807, 2.05) is 41.3 Å². The smallest absolute Gasteiger partial charge is 0.227 e. The maximum atomic E-state index is 11.8. The van der Waals surface area contributed by atoms with Gasteiger partial charge in [0.2, 0.25) is 5.91 Å². The van der Waals surface area contributed by atoms with Crippen LogP contribution < -0.4 is 20.3 Å². The molecule has 0 aromatic heterocycles. The number of halogens is 1. The average molecular weight is 524 g/mol. The molecule has 1 aliphatic rings. The fourth-order valence-electron chi connectivity index (χ4n) is 3.32. The molecular weight excluding hydrogens is 495 g/mol. The average Bonchev–Trinajstić information content (AvgIpc) is 3.17. The van der Waals surface area contributed by atoms with E-state index < -0.39 is 0 Å². The number of nitrogens with zero attached hydrogens (tertiary/aromatic N) is 2. The largest absolute Gasteiger partial charge is 0.508 e. The molecule has 1 saturated heterocycles. The Balaban J connectivity index is 0.00000320. The van der Waals surface area contributed by atoms with Crippen LogP contribution in [0.15, 0.2) is 47.5 Å². The van der Waals surface area contributed by atoms with Crippen LogP contribution in [0, 0.1) is 0 Å². The summed E-state index contributed by atoms with van der Waals surface area (Å²) in [5.74, 6) is 1.75. The Morgan fingerprint density at radius 1 is 1.20 bits per heavy atom. The third kappa shape index (κ3) is 6.25. The lowest BCUT2D eigenvalue weighted by atomic mass is 10.1. The van der Waals surface area contributed by atoms with Crippen LogP contribution in [0.1, 0.15) is 24.0 Å². The number of hydrogen-bond acceptors (Lipinski definition) is 4. The molecule has 7 nitrogen and oxygen atoms in total. The number of nitrogens with one attached hydrogen (secondary N) is 2. The second-order valence-corrected chi connectivity index (χ2v) is 6.91. The number of ether oxygens (including phenoxy) is 1. The van der Waals surface area contributed by atoms with Crippen molar-refractivity contribution in [1.29, 1.82) is 0 Å². The summed E-state index contributed by atoms with van der Waals surface area (Å²) in [6, 6.07) is 13.3. The molecular formula is C22H29IN4O3. The predicted molar refractivity (Wildman–Crippen MR) is 130 cm³/mol. The number of carbonyl (C=O) groups is 1. The molecule has 1 heterocycles. The Labute approximate surface area is 194 Å². The van der Waals surface area contributed by atoms with Gasteiger partial charge in [0.1, 0.15) is 11.5 Å². The quantitative estimate of drug-likeness (QED) is 0.295. The number of amides is 1. The van der Waals surface area contributed by atoms with Crippen molar-refractivity contribution in [3.05, 3.63) is 53.6 Å². The molecule has 0 bridgehead atoms. The summed E-state index contributed by atoms with van der Waals surface area (Å²) < 4.78 is 5.10. The van der Waals surface area contributed by atoms with E-state index in [9.17, 15) is 9.90 Å². The monoisotopic (exact) mass is 524 g/mol. The highest BCUT2D eigenvalue weighted by molar-refractivity contribution is 14.0. The summed E-state index contributed by atoms with van der Waals surface area (Å²) in [6.07, 6.45) is 2.23. The summed E-state index contributed by atoms with van der Waals surface area (Å²) in [5, 5.41) is 16.6. The topological polar surface area (TPSA) is 86.2 Å². The van der Waals surface area contributed by atoms with E-state index in [1.54, 1.807) is 20.2 Å². The highest BCUT2D eigenvalue weighted by Crippen LogP contribution is 2.23. The molecule has 0 saturated carbocycles. The number of rotatable bonds is 7. The first-order valence-corrected chi connectivity index (χ1v) is 9.80. The molecule has 8 heteroatoms. The minimum absolute atomic E-state index is 0. The van der Waals surface area contributed by atoms with E-state index in [-0.39, 0.29) is 35.6 Å². The molecule has 162 valence electrons. The van der Waals surface area contributed by atoms with Gasteiger partial charge < -0.3 is 25.4 Å². The lowest BCUT2D eigenvalue weighted by Crippen LogP contribution is -2.37. The number of phenols is 1. The lowest BCUT2D eigenvalue weighted by Gasteiger charge is -2.16. The van der Waals surface area contributed by atoms with E-state index in [1.165, 1.54) is 0 Å². The molecule has 0 radical (unpaired) electrons. The molecule has 1 aliphatic heterocycles. The van der Waals surface area contributed by atoms with Gasteiger partial charge in [-0.1, -0.05) is 18.2 Å². The predicted octanol–water partition coefficient (Wildman–Crippen LogP) is 3.05. The fourth-order valence-corrected chi connectivity index (χ4v) is 3.32.